The van der Waals surface area contributed by atoms with Crippen LogP contribution < -0.4 is 20.6 Å². The molecular weight excluding hydrogens is 844 g/mol. The molecular formula is C44H35Br2ClN4O4. The zero-order valence-electron chi connectivity index (χ0n) is 29.9. The Hall–Kier alpha value is -5.55. The molecule has 6 aromatic carbocycles. The average molecular weight is 879 g/mol. The summed E-state index contributed by atoms with van der Waals surface area (Å²) in [5.41, 5.74) is 5.38. The lowest BCUT2D eigenvalue weighted by molar-refractivity contribution is 0.414. The van der Waals surface area contributed by atoms with E-state index in [1.54, 1.807) is 20.3 Å². The number of methoxy groups -OCH3 is 2. The summed E-state index contributed by atoms with van der Waals surface area (Å²) in [7, 11) is 3.28. The molecule has 0 aliphatic rings. The van der Waals surface area contributed by atoms with Gasteiger partial charge in [-0.05, 0) is 71.8 Å². The van der Waals surface area contributed by atoms with E-state index in [1.807, 2.05) is 140 Å². The van der Waals surface area contributed by atoms with E-state index >= 15 is 0 Å². The SMILES string of the molecule is COc1ccc(CCl)cc1.COc1ccc(Cn2nc(-c3ccc(Br)cc3)c3ccccc3c2=O)cc1.O=c1[nH]nc(-c2ccc(Br)cc2)c2ccccc12. The van der Waals surface area contributed by atoms with Crippen LogP contribution in [0.3, 0.4) is 0 Å². The van der Waals surface area contributed by atoms with Gasteiger partial charge in [0.25, 0.3) is 11.1 Å². The van der Waals surface area contributed by atoms with Gasteiger partial charge in [0.1, 0.15) is 11.5 Å². The van der Waals surface area contributed by atoms with E-state index in [9.17, 15) is 9.59 Å². The molecule has 8 nitrogen and oxygen atoms in total. The Morgan fingerprint density at radius 1 is 0.582 bits per heavy atom. The number of halogens is 3. The van der Waals surface area contributed by atoms with Crippen molar-refractivity contribution < 1.29 is 9.47 Å². The number of aromatic amines is 1. The molecule has 8 rings (SSSR count). The Bertz CT molecular complexity index is 2610. The van der Waals surface area contributed by atoms with E-state index in [1.165, 1.54) is 4.68 Å². The summed E-state index contributed by atoms with van der Waals surface area (Å²) >= 11 is 12.4. The highest BCUT2D eigenvalue weighted by Crippen LogP contribution is 2.27. The van der Waals surface area contributed by atoms with E-state index in [-0.39, 0.29) is 11.1 Å². The van der Waals surface area contributed by atoms with Crippen molar-refractivity contribution >= 4 is 65.0 Å². The first-order valence-corrected chi connectivity index (χ1v) is 19.2. The van der Waals surface area contributed by atoms with Gasteiger partial charge in [0.2, 0.25) is 0 Å². The summed E-state index contributed by atoms with van der Waals surface area (Å²) in [5.74, 6) is 2.21. The highest BCUT2D eigenvalue weighted by molar-refractivity contribution is 9.10. The van der Waals surface area contributed by atoms with Crippen LogP contribution in [0.15, 0.2) is 164 Å². The van der Waals surface area contributed by atoms with E-state index in [0.29, 0.717) is 23.2 Å². The zero-order valence-corrected chi connectivity index (χ0v) is 33.8. The van der Waals surface area contributed by atoms with Gasteiger partial charge in [-0.25, -0.2) is 9.78 Å². The topological polar surface area (TPSA) is 99.1 Å². The van der Waals surface area contributed by atoms with E-state index in [2.05, 4.69) is 42.1 Å². The third-order valence-electron chi connectivity index (χ3n) is 8.60. The molecule has 0 saturated carbocycles. The second-order valence-electron chi connectivity index (χ2n) is 12.1. The number of nitrogens with zero attached hydrogens (tertiary/aromatic N) is 3. The van der Waals surface area contributed by atoms with Crippen LogP contribution in [0, 0.1) is 0 Å². The van der Waals surface area contributed by atoms with Crippen molar-refractivity contribution in [2.75, 3.05) is 14.2 Å². The van der Waals surface area contributed by atoms with Crippen molar-refractivity contribution in [3.05, 3.63) is 186 Å². The number of fused-ring (bicyclic) bond motifs is 2. The van der Waals surface area contributed by atoms with E-state index in [0.717, 1.165) is 64.9 Å². The second kappa shape index (κ2) is 18.7. The van der Waals surface area contributed by atoms with Crippen LogP contribution in [0.2, 0.25) is 0 Å². The molecule has 0 atom stereocenters. The van der Waals surface area contributed by atoms with Crippen LogP contribution in [0.25, 0.3) is 44.1 Å². The minimum atomic E-state index is -0.161. The molecule has 0 fully saturated rings. The lowest BCUT2D eigenvalue weighted by atomic mass is 10.1. The molecule has 0 bridgehead atoms. The molecule has 276 valence electrons. The van der Waals surface area contributed by atoms with Crippen molar-refractivity contribution in [3.63, 3.8) is 0 Å². The maximum Gasteiger partial charge on any atom is 0.274 e. The predicted octanol–water partition coefficient (Wildman–Crippen LogP) is 10.7. The number of hydrogen-bond acceptors (Lipinski definition) is 6. The molecule has 0 saturated heterocycles. The Labute approximate surface area is 339 Å². The monoisotopic (exact) mass is 876 g/mol. The molecule has 0 aliphatic carbocycles. The normalized spacial score (nSPS) is 10.6. The first-order valence-electron chi connectivity index (χ1n) is 17.1. The first kappa shape index (κ1) is 39.2. The van der Waals surface area contributed by atoms with Gasteiger partial charge >= 0.3 is 0 Å². The van der Waals surface area contributed by atoms with Crippen molar-refractivity contribution in [2.45, 2.75) is 12.4 Å². The maximum absolute atomic E-state index is 13.0. The summed E-state index contributed by atoms with van der Waals surface area (Å²) in [6, 6.07) is 46.3. The first-order chi connectivity index (χ1) is 26.8. The molecule has 2 heterocycles. The summed E-state index contributed by atoms with van der Waals surface area (Å²) in [5, 5.41) is 14.4. The van der Waals surface area contributed by atoms with Gasteiger partial charge in [0.05, 0.1) is 42.9 Å². The number of rotatable bonds is 7. The molecule has 2 aromatic heterocycles. The number of alkyl halides is 1. The number of benzene rings is 6. The lowest BCUT2D eigenvalue weighted by Crippen LogP contribution is -2.24. The summed E-state index contributed by atoms with van der Waals surface area (Å²) in [4.78, 5) is 24.7. The third-order valence-corrected chi connectivity index (χ3v) is 9.97. The second-order valence-corrected chi connectivity index (χ2v) is 14.2. The van der Waals surface area contributed by atoms with Gasteiger partial charge < -0.3 is 9.47 Å². The Balaban J connectivity index is 0.000000157. The van der Waals surface area contributed by atoms with E-state index < -0.39 is 0 Å². The van der Waals surface area contributed by atoms with Crippen molar-refractivity contribution in [2.24, 2.45) is 0 Å². The van der Waals surface area contributed by atoms with Crippen LogP contribution in [-0.4, -0.2) is 34.2 Å². The summed E-state index contributed by atoms with van der Waals surface area (Å²) < 4.78 is 13.7. The average Bonchev–Trinajstić information content (AvgIpc) is 3.24. The quantitative estimate of drug-likeness (QED) is 0.160. The van der Waals surface area contributed by atoms with Crippen LogP contribution in [0.1, 0.15) is 11.1 Å². The molecule has 1 N–H and O–H groups in total. The minimum absolute atomic E-state index is 0.0951. The minimum Gasteiger partial charge on any atom is -0.497 e. The Kier molecular flexibility index (Phi) is 13.3. The van der Waals surface area contributed by atoms with E-state index in [4.69, 9.17) is 26.2 Å². The van der Waals surface area contributed by atoms with Crippen LogP contribution in [-0.2, 0) is 12.4 Å². The van der Waals surface area contributed by atoms with Gasteiger partial charge in [-0.1, -0.05) is 117 Å². The third kappa shape index (κ3) is 9.77. The number of aromatic nitrogens is 4. The molecule has 0 aliphatic heterocycles. The molecule has 11 heteroatoms. The molecule has 0 radical (unpaired) electrons. The molecule has 0 amide bonds. The van der Waals surface area contributed by atoms with Crippen LogP contribution >= 0.6 is 43.5 Å². The summed E-state index contributed by atoms with van der Waals surface area (Å²) in [6.07, 6.45) is 0. The number of ether oxygens (including phenoxy) is 2. The van der Waals surface area contributed by atoms with Gasteiger partial charge in [-0.3, -0.25) is 9.59 Å². The lowest BCUT2D eigenvalue weighted by Gasteiger charge is -2.12. The molecule has 55 heavy (non-hydrogen) atoms. The Morgan fingerprint density at radius 2 is 1.04 bits per heavy atom. The fourth-order valence-electron chi connectivity index (χ4n) is 5.72. The number of hydrogen-bond donors (Lipinski definition) is 1. The fraction of sp³-hybridized carbons (Fsp3) is 0.0909. The smallest absolute Gasteiger partial charge is 0.274 e. The van der Waals surface area contributed by atoms with Crippen molar-refractivity contribution in [1.82, 2.24) is 20.0 Å². The van der Waals surface area contributed by atoms with Crippen molar-refractivity contribution in [1.29, 1.82) is 0 Å². The van der Waals surface area contributed by atoms with Gasteiger partial charge in [0.15, 0.2) is 0 Å². The molecule has 8 aromatic rings. The number of H-pyrrole nitrogens is 1. The fourth-order valence-corrected chi connectivity index (χ4v) is 6.43. The highest BCUT2D eigenvalue weighted by Gasteiger charge is 2.13. The largest absolute Gasteiger partial charge is 0.497 e. The van der Waals surface area contributed by atoms with Crippen LogP contribution in [0.5, 0.6) is 11.5 Å². The molecule has 0 unspecified atom stereocenters. The van der Waals surface area contributed by atoms with Gasteiger partial charge in [-0.15, -0.1) is 11.6 Å². The predicted molar refractivity (Wildman–Crippen MR) is 229 cm³/mol. The van der Waals surface area contributed by atoms with Gasteiger partial charge in [0, 0.05) is 36.7 Å². The summed E-state index contributed by atoms with van der Waals surface area (Å²) in [6.45, 7) is 0.400. The maximum atomic E-state index is 13.0. The number of nitrogens with one attached hydrogen (secondary N) is 1. The van der Waals surface area contributed by atoms with Crippen molar-refractivity contribution in [3.8, 4) is 34.0 Å². The zero-order chi connectivity index (χ0) is 38.7. The molecule has 0 spiro atoms. The standard InChI is InChI=1S/C22H17BrN2O2.C14H9BrN2O.C8H9ClO/c1-27-18-12-6-15(7-13-18)14-25-22(26)20-5-3-2-4-19(20)21(24-25)16-8-10-17(23)11-9-16;15-10-7-5-9(6-8-10)13-11-3-1-2-4-12(11)14(18)17-16-13;1-10-8-4-2-7(6-9)3-5-8/h2-13H,14H2,1H3;1-8H,(H,17,18);2-5H,6H2,1H3. The van der Waals surface area contributed by atoms with Gasteiger partial charge in [-0.2, -0.15) is 10.2 Å². The Morgan fingerprint density at radius 3 is 1.55 bits per heavy atom. The van der Waals surface area contributed by atoms with Crippen LogP contribution in [0.4, 0.5) is 0 Å². The highest BCUT2D eigenvalue weighted by atomic mass is 79.9.